The Morgan fingerprint density at radius 1 is 0.300 bits per heavy atom. The second kappa shape index (κ2) is 17.4. The number of fused-ring (bicyclic) bond motifs is 4. The van der Waals surface area contributed by atoms with E-state index in [2.05, 4.69) is 240 Å². The third-order valence-electron chi connectivity index (χ3n) is 13.9. The van der Waals surface area contributed by atoms with E-state index in [-0.39, 0.29) is 6.71 Å². The molecule has 0 bridgehead atoms. The van der Waals surface area contributed by atoms with Gasteiger partial charge in [-0.25, -0.2) is 0 Å². The monoisotopic (exact) mass is 912 g/mol. The summed E-state index contributed by atoms with van der Waals surface area (Å²) in [4.78, 5) is 14.9. The molecular weight excluding hydrogens is 871 g/mol. The minimum Gasteiger partial charge on any atom is -0.310 e. The molecule has 2 aliphatic rings. The number of nitrogens with zero attached hydrogens (tertiary/aromatic N) is 4. The van der Waals surface area contributed by atoms with Crippen LogP contribution in [0.15, 0.2) is 255 Å². The van der Waals surface area contributed by atoms with E-state index in [0.29, 0.717) is 5.02 Å². The van der Waals surface area contributed by atoms with Crippen LogP contribution in [-0.2, 0) is 0 Å². The molecule has 0 atom stereocenters. The molecule has 0 unspecified atom stereocenters. The second-order valence-electron chi connectivity index (χ2n) is 17.9. The first-order valence-electron chi connectivity index (χ1n) is 23.7. The molecule has 2 aromatic heterocycles. The van der Waals surface area contributed by atoms with E-state index in [1.54, 1.807) is 0 Å². The van der Waals surface area contributed by atoms with Crippen molar-refractivity contribution in [1.82, 2.24) is 9.97 Å². The molecule has 2 aliphatic heterocycles. The van der Waals surface area contributed by atoms with Crippen LogP contribution in [0.3, 0.4) is 0 Å². The molecule has 0 N–H and O–H groups in total. The summed E-state index contributed by atoms with van der Waals surface area (Å²) in [6.45, 7) is -0.168. The second-order valence-corrected chi connectivity index (χ2v) is 18.3. The molecule has 70 heavy (non-hydrogen) atoms. The molecule has 0 spiro atoms. The fourth-order valence-electron chi connectivity index (χ4n) is 10.8. The number of anilines is 6. The van der Waals surface area contributed by atoms with Crippen molar-refractivity contribution in [1.29, 1.82) is 0 Å². The van der Waals surface area contributed by atoms with Gasteiger partial charge in [0.2, 0.25) is 0 Å². The number of pyridine rings is 2. The molecule has 328 valence electrons. The number of aromatic nitrogens is 2. The van der Waals surface area contributed by atoms with Crippen LogP contribution in [0.5, 0.6) is 0 Å². The highest BCUT2D eigenvalue weighted by molar-refractivity contribution is 7.00. The minimum atomic E-state index is -0.168. The van der Waals surface area contributed by atoms with E-state index in [9.17, 15) is 0 Å². The van der Waals surface area contributed by atoms with Crippen LogP contribution in [0.25, 0.3) is 66.8 Å². The summed E-state index contributed by atoms with van der Waals surface area (Å²) in [5.41, 5.74) is 22.6. The van der Waals surface area contributed by atoms with Crippen LogP contribution in [0.1, 0.15) is 0 Å². The standard InChI is InChI=1S/C64H42BClN4/c66-51-37-60-62-61(38-51)70(64-54(47-27-15-5-16-28-47)41-68-42-55(64)48-29-17-6-18-30-48)59-36-50(44-21-9-2-10-22-44)32-34-57(59)65(62)56-33-31-49(43-19-7-1-8-20-43)35-58(56)69(60)63-52(45-23-11-3-12-24-45)39-67-40-53(63)46-25-13-4-14-26-46/h1-42H. The summed E-state index contributed by atoms with van der Waals surface area (Å²) in [7, 11) is 0. The van der Waals surface area contributed by atoms with Crippen molar-refractivity contribution in [2.75, 3.05) is 9.80 Å². The molecule has 0 radical (unpaired) electrons. The Labute approximate surface area is 413 Å². The van der Waals surface area contributed by atoms with E-state index >= 15 is 0 Å². The van der Waals surface area contributed by atoms with Crippen LogP contribution >= 0.6 is 11.6 Å². The fraction of sp³-hybridized carbons (Fsp3) is 0. The lowest BCUT2D eigenvalue weighted by Crippen LogP contribution is -2.61. The summed E-state index contributed by atoms with van der Waals surface area (Å²) in [6, 6.07) is 82.3. The van der Waals surface area contributed by atoms with Gasteiger partial charge in [0.05, 0.1) is 11.4 Å². The van der Waals surface area contributed by atoms with E-state index < -0.39 is 0 Å². The highest BCUT2D eigenvalue weighted by Crippen LogP contribution is 2.53. The van der Waals surface area contributed by atoms with Crippen molar-refractivity contribution in [2.45, 2.75) is 0 Å². The Morgan fingerprint density at radius 3 is 0.914 bits per heavy atom. The predicted molar refractivity (Wildman–Crippen MR) is 294 cm³/mol. The van der Waals surface area contributed by atoms with Crippen molar-refractivity contribution in [3.05, 3.63) is 260 Å². The van der Waals surface area contributed by atoms with Gasteiger partial charge in [-0.3, -0.25) is 9.97 Å². The number of rotatable bonds is 8. The first-order chi connectivity index (χ1) is 34.7. The van der Waals surface area contributed by atoms with Gasteiger partial charge in [-0.05, 0) is 85.2 Å². The van der Waals surface area contributed by atoms with Crippen LogP contribution in [0, 0.1) is 0 Å². The summed E-state index contributed by atoms with van der Waals surface area (Å²) < 4.78 is 0. The summed E-state index contributed by atoms with van der Waals surface area (Å²) >= 11 is 7.70. The van der Waals surface area contributed by atoms with Gasteiger partial charge in [0.1, 0.15) is 0 Å². The summed E-state index contributed by atoms with van der Waals surface area (Å²) in [6.07, 6.45) is 8.07. The summed E-state index contributed by atoms with van der Waals surface area (Å²) in [5.74, 6) is 0. The van der Waals surface area contributed by atoms with E-state index in [4.69, 9.17) is 21.6 Å². The zero-order valence-electron chi connectivity index (χ0n) is 38.0. The highest BCUT2D eigenvalue weighted by atomic mass is 35.5. The summed E-state index contributed by atoms with van der Waals surface area (Å²) in [5, 5.41) is 0.626. The Kier molecular flexibility index (Phi) is 10.3. The lowest BCUT2D eigenvalue weighted by atomic mass is 9.33. The van der Waals surface area contributed by atoms with Crippen LogP contribution in [0.2, 0.25) is 5.02 Å². The number of hydrogen-bond donors (Lipinski definition) is 0. The Morgan fingerprint density at radius 2 is 0.600 bits per heavy atom. The zero-order valence-corrected chi connectivity index (χ0v) is 38.7. The maximum atomic E-state index is 7.70. The largest absolute Gasteiger partial charge is 0.310 e. The smallest absolute Gasteiger partial charge is 0.252 e. The average molecular weight is 913 g/mol. The number of hydrogen-bond acceptors (Lipinski definition) is 4. The van der Waals surface area contributed by atoms with Gasteiger partial charge in [-0.15, -0.1) is 0 Å². The minimum absolute atomic E-state index is 0.168. The molecular formula is C64H42BClN4. The quantitative estimate of drug-likeness (QED) is 0.142. The third-order valence-corrected chi connectivity index (χ3v) is 14.1. The molecule has 4 nitrogen and oxygen atoms in total. The first-order valence-corrected chi connectivity index (χ1v) is 24.1. The van der Waals surface area contributed by atoms with Crippen LogP contribution in [-0.4, -0.2) is 16.7 Å². The van der Waals surface area contributed by atoms with E-state index in [1.165, 1.54) is 10.9 Å². The van der Waals surface area contributed by atoms with Gasteiger partial charge in [-0.1, -0.05) is 218 Å². The average Bonchev–Trinajstić information content (AvgIpc) is 3.44. The van der Waals surface area contributed by atoms with Gasteiger partial charge in [0.15, 0.2) is 0 Å². The van der Waals surface area contributed by atoms with Crippen LogP contribution < -0.4 is 26.2 Å². The lowest BCUT2D eigenvalue weighted by Gasteiger charge is -2.45. The zero-order chi connectivity index (χ0) is 46.5. The Balaban J connectivity index is 1.18. The Bertz CT molecular complexity index is 3370. The van der Waals surface area contributed by atoms with Crippen molar-refractivity contribution in [3.8, 4) is 66.8 Å². The van der Waals surface area contributed by atoms with Crippen molar-refractivity contribution in [3.63, 3.8) is 0 Å². The number of benzene rings is 9. The number of halogens is 1. The normalized spacial score (nSPS) is 12.3. The highest BCUT2D eigenvalue weighted by Gasteiger charge is 2.45. The molecule has 0 aliphatic carbocycles. The molecule has 0 fully saturated rings. The molecule has 6 heteroatoms. The molecule has 13 rings (SSSR count). The van der Waals surface area contributed by atoms with Gasteiger partial charge < -0.3 is 9.80 Å². The SMILES string of the molecule is Clc1cc2c3c(c1)N(c1c(-c4ccccc4)cncc1-c1ccccc1)c1cc(-c4ccccc4)ccc1B3c1ccc(-c3ccccc3)cc1N2c1c(-c2ccccc2)cncc1-c1ccccc1. The van der Waals surface area contributed by atoms with Crippen LogP contribution in [0.4, 0.5) is 34.1 Å². The fourth-order valence-corrected chi connectivity index (χ4v) is 11.0. The first kappa shape index (κ1) is 41.4. The topological polar surface area (TPSA) is 32.3 Å². The van der Waals surface area contributed by atoms with Gasteiger partial charge >= 0.3 is 0 Å². The molecule has 11 aromatic rings. The molecule has 0 saturated heterocycles. The van der Waals surface area contributed by atoms with Crippen molar-refractivity contribution < 1.29 is 0 Å². The lowest BCUT2D eigenvalue weighted by molar-refractivity contribution is 1.22. The molecule has 0 saturated carbocycles. The predicted octanol–water partition coefficient (Wildman–Crippen LogP) is 15.2. The van der Waals surface area contributed by atoms with Crippen molar-refractivity contribution >= 4 is 68.8 Å². The molecule has 0 amide bonds. The van der Waals surface area contributed by atoms with Gasteiger partial charge in [0.25, 0.3) is 6.71 Å². The maximum Gasteiger partial charge on any atom is 0.252 e. The Hall–Kier alpha value is -8.77. The molecule has 4 heterocycles. The molecule has 9 aromatic carbocycles. The van der Waals surface area contributed by atoms with Crippen molar-refractivity contribution in [2.24, 2.45) is 0 Å². The third kappa shape index (κ3) is 7.01. The van der Waals surface area contributed by atoms with Gasteiger partial charge in [-0.2, -0.15) is 0 Å². The van der Waals surface area contributed by atoms with Gasteiger partial charge in [0, 0.05) is 74.8 Å². The van der Waals surface area contributed by atoms with E-state index in [0.717, 1.165) is 106 Å². The van der Waals surface area contributed by atoms with E-state index in [1.807, 2.05) is 24.8 Å². The maximum absolute atomic E-state index is 7.70.